The summed E-state index contributed by atoms with van der Waals surface area (Å²) in [5.41, 5.74) is 0. The van der Waals surface area contributed by atoms with Crippen LogP contribution in [-0.4, -0.2) is 81.3 Å². The maximum Gasteiger partial charge on any atom is 0.184 e. The van der Waals surface area contributed by atoms with Crippen molar-refractivity contribution in [2.24, 2.45) is 23.7 Å². The van der Waals surface area contributed by atoms with Gasteiger partial charge in [0.15, 0.2) is 6.29 Å². The molecule has 2 fully saturated rings. The van der Waals surface area contributed by atoms with E-state index >= 15 is 0 Å². The van der Waals surface area contributed by atoms with E-state index < -0.39 is 42.9 Å². The second-order valence-electron chi connectivity index (χ2n) is 10.3. The van der Waals surface area contributed by atoms with Crippen LogP contribution in [0, 0.1) is 23.7 Å². The van der Waals surface area contributed by atoms with Gasteiger partial charge < -0.3 is 34.6 Å². The first-order chi connectivity index (χ1) is 15.0. The molecule has 0 amide bonds. The minimum atomic E-state index is -0.972. The molecule has 0 aromatic rings. The molecule has 0 aromatic heterocycles. The lowest BCUT2D eigenvalue weighted by atomic mass is 9.77. The number of hydrogen-bond acceptors (Lipinski definition) is 8. The van der Waals surface area contributed by atoms with Crippen LogP contribution in [0.15, 0.2) is 0 Å². The Morgan fingerprint density at radius 3 is 2.19 bits per heavy atom. The lowest BCUT2D eigenvalue weighted by Gasteiger charge is -2.46. The molecule has 8 heteroatoms. The van der Waals surface area contributed by atoms with E-state index in [1.54, 1.807) is 0 Å². The summed E-state index contributed by atoms with van der Waals surface area (Å²) in [4.78, 5) is 0. The molecule has 1 aliphatic heterocycles. The molecule has 0 spiro atoms. The maximum atomic E-state index is 11.2. The fraction of sp³-hybridized carbons (Fsp3) is 1.00. The molecule has 0 radical (unpaired) electrons. The monoisotopic (exact) mass is 478 g/mol. The number of aliphatic hydroxyl groups is 4. The summed E-state index contributed by atoms with van der Waals surface area (Å²) in [7, 11) is 0. The van der Waals surface area contributed by atoms with E-state index in [-0.39, 0.29) is 42.3 Å². The van der Waals surface area contributed by atoms with Gasteiger partial charge >= 0.3 is 0 Å². The predicted molar refractivity (Wildman–Crippen MR) is 127 cm³/mol. The van der Waals surface area contributed by atoms with Crippen molar-refractivity contribution in [3.63, 3.8) is 0 Å². The van der Waals surface area contributed by atoms with Crippen LogP contribution in [0.4, 0.5) is 0 Å². The largest absolute Gasteiger partial charge is 0.393 e. The predicted octanol–water partition coefficient (Wildman–Crippen LogP) is 2.38. The van der Waals surface area contributed by atoms with Crippen molar-refractivity contribution in [2.45, 2.75) is 122 Å². The Balaban J connectivity index is 2.02. The summed E-state index contributed by atoms with van der Waals surface area (Å²) < 4.78 is 18.2. The lowest BCUT2D eigenvalue weighted by Crippen LogP contribution is -2.57. The highest BCUT2D eigenvalue weighted by Gasteiger charge is 2.46. The van der Waals surface area contributed by atoms with Gasteiger partial charge in [-0.3, -0.25) is 0 Å². The van der Waals surface area contributed by atoms with Crippen LogP contribution in [0.5, 0.6) is 0 Å². The smallest absolute Gasteiger partial charge is 0.184 e. The third-order valence-electron chi connectivity index (χ3n) is 7.63. The maximum absolute atomic E-state index is 11.2. The third-order valence-corrected chi connectivity index (χ3v) is 7.99. The van der Waals surface area contributed by atoms with Gasteiger partial charge in [0, 0.05) is 12.2 Å². The Morgan fingerprint density at radius 1 is 0.969 bits per heavy atom. The molecule has 32 heavy (non-hydrogen) atoms. The van der Waals surface area contributed by atoms with E-state index in [0.717, 1.165) is 12.8 Å². The van der Waals surface area contributed by atoms with E-state index in [0.29, 0.717) is 12.2 Å². The number of rotatable bonds is 10. The fourth-order valence-corrected chi connectivity index (χ4v) is 5.24. The van der Waals surface area contributed by atoms with Crippen molar-refractivity contribution in [1.29, 1.82) is 0 Å². The quantitative estimate of drug-likeness (QED) is 0.307. The Labute approximate surface area is 199 Å². The van der Waals surface area contributed by atoms with Crippen molar-refractivity contribution < 1.29 is 34.6 Å². The number of aliphatic hydroxyl groups excluding tert-OH is 4. The summed E-state index contributed by atoms with van der Waals surface area (Å²) in [6.07, 6.45) is -3.02. The summed E-state index contributed by atoms with van der Waals surface area (Å²) in [6, 6.07) is 0. The molecule has 1 aliphatic carbocycles. The van der Waals surface area contributed by atoms with Crippen LogP contribution in [0.25, 0.3) is 0 Å². The average molecular weight is 479 g/mol. The minimum Gasteiger partial charge on any atom is -0.393 e. The summed E-state index contributed by atoms with van der Waals surface area (Å²) in [5.74, 6) is 0.884. The normalized spacial score (nSPS) is 42.3. The van der Waals surface area contributed by atoms with E-state index in [2.05, 4.69) is 40.3 Å². The van der Waals surface area contributed by atoms with Crippen LogP contribution in [-0.2, 0) is 14.2 Å². The van der Waals surface area contributed by atoms with Crippen molar-refractivity contribution in [3.8, 4) is 0 Å². The number of ether oxygens (including phenoxy) is 3. The molecular weight excluding hydrogens is 432 g/mol. The first-order valence-corrected chi connectivity index (χ1v) is 12.9. The fourth-order valence-electron chi connectivity index (χ4n) is 4.91. The van der Waals surface area contributed by atoms with Gasteiger partial charge in [-0.05, 0) is 43.4 Å². The molecule has 7 nitrogen and oxygen atoms in total. The lowest BCUT2D eigenvalue weighted by molar-refractivity contribution is -0.302. The van der Waals surface area contributed by atoms with E-state index in [1.807, 2.05) is 13.8 Å². The van der Waals surface area contributed by atoms with Crippen molar-refractivity contribution >= 4 is 12.6 Å². The van der Waals surface area contributed by atoms with Gasteiger partial charge in [0.2, 0.25) is 0 Å². The first-order valence-electron chi connectivity index (χ1n) is 12.3. The highest BCUT2D eigenvalue weighted by Crippen LogP contribution is 2.37. The zero-order chi connectivity index (χ0) is 24.2. The summed E-state index contributed by atoms with van der Waals surface area (Å²) in [5, 5.41) is 42.0. The second kappa shape index (κ2) is 12.7. The summed E-state index contributed by atoms with van der Waals surface area (Å²) in [6.45, 7) is 12.3. The standard InChI is InChI=1S/C24H46O7S/c1-7-12(2)17(25)9-13(3)16(6)29-22-14(4)8-15(5)23(21(22)28)31-24-19(27)10-18(26)20(11-32)30-24/h12-28,32H,7-11H2,1-6H3. The molecule has 2 rings (SSSR count). The molecule has 1 saturated heterocycles. The second-order valence-corrected chi connectivity index (χ2v) is 10.7. The summed E-state index contributed by atoms with van der Waals surface area (Å²) >= 11 is 4.21. The topological polar surface area (TPSA) is 109 Å². The Morgan fingerprint density at radius 2 is 1.59 bits per heavy atom. The first kappa shape index (κ1) is 28.3. The Kier molecular flexibility index (Phi) is 11.2. The van der Waals surface area contributed by atoms with Crippen LogP contribution < -0.4 is 0 Å². The molecule has 190 valence electrons. The van der Waals surface area contributed by atoms with E-state index in [1.165, 1.54) is 0 Å². The Bertz CT molecular complexity index is 552. The van der Waals surface area contributed by atoms with Crippen LogP contribution in [0.2, 0.25) is 0 Å². The van der Waals surface area contributed by atoms with Gasteiger partial charge in [-0.2, -0.15) is 12.6 Å². The molecule has 13 unspecified atom stereocenters. The van der Waals surface area contributed by atoms with Crippen molar-refractivity contribution in [3.05, 3.63) is 0 Å². The highest BCUT2D eigenvalue weighted by molar-refractivity contribution is 7.80. The van der Waals surface area contributed by atoms with Crippen molar-refractivity contribution in [2.75, 3.05) is 5.75 Å². The van der Waals surface area contributed by atoms with Gasteiger partial charge in [-0.15, -0.1) is 0 Å². The molecule has 1 saturated carbocycles. The van der Waals surface area contributed by atoms with Gasteiger partial charge in [0.1, 0.15) is 12.2 Å². The molecule has 0 aromatic carbocycles. The third kappa shape index (κ3) is 7.04. The number of hydrogen-bond donors (Lipinski definition) is 5. The number of thiol groups is 1. The van der Waals surface area contributed by atoms with Crippen molar-refractivity contribution in [1.82, 2.24) is 0 Å². The molecule has 1 heterocycles. The highest BCUT2D eigenvalue weighted by atomic mass is 32.1. The van der Waals surface area contributed by atoms with E-state index in [9.17, 15) is 20.4 Å². The average Bonchev–Trinajstić information content (AvgIpc) is 2.74. The van der Waals surface area contributed by atoms with Crippen LogP contribution >= 0.6 is 12.6 Å². The molecule has 4 N–H and O–H groups in total. The van der Waals surface area contributed by atoms with E-state index in [4.69, 9.17) is 14.2 Å². The molecular formula is C24H46O7S. The molecule has 2 aliphatic rings. The molecule has 0 bridgehead atoms. The molecule has 13 atom stereocenters. The van der Waals surface area contributed by atoms with Gasteiger partial charge in [-0.25, -0.2) is 0 Å². The van der Waals surface area contributed by atoms with Crippen LogP contribution in [0.3, 0.4) is 0 Å². The minimum absolute atomic E-state index is 0.0527. The zero-order valence-corrected chi connectivity index (χ0v) is 21.4. The SMILES string of the molecule is CCC(C)C(O)CC(C)C(C)OC1C(C)CC(C)C(OC2OC(CS)C(O)CC2O)C1O. The van der Waals surface area contributed by atoms with Gasteiger partial charge in [0.05, 0.1) is 36.6 Å². The zero-order valence-electron chi connectivity index (χ0n) is 20.5. The van der Waals surface area contributed by atoms with Gasteiger partial charge in [0.25, 0.3) is 0 Å². The van der Waals surface area contributed by atoms with Gasteiger partial charge in [-0.1, -0.05) is 41.0 Å². The van der Waals surface area contributed by atoms with Crippen LogP contribution in [0.1, 0.15) is 67.2 Å². The Hall–Kier alpha value is 0.0700.